The number of carbonyl (C=O) groups excluding carboxylic acids is 3. The van der Waals surface area contributed by atoms with Gasteiger partial charge in [0.15, 0.2) is 6.29 Å². The van der Waals surface area contributed by atoms with Crippen molar-refractivity contribution < 1.29 is 38.3 Å². The molecule has 33 heavy (non-hydrogen) atoms. The number of esters is 2. The van der Waals surface area contributed by atoms with E-state index in [0.717, 1.165) is 10.2 Å². The molecule has 2 aliphatic rings. The van der Waals surface area contributed by atoms with Crippen molar-refractivity contribution in [3.63, 3.8) is 0 Å². The molecule has 0 aromatic rings. The van der Waals surface area contributed by atoms with Gasteiger partial charge in [-0.25, -0.2) is 0 Å². The number of hydrogen-bond donors (Lipinski definition) is 1. The Morgan fingerprint density at radius 1 is 1.21 bits per heavy atom. The molecule has 7 atom stereocenters. The quantitative estimate of drug-likeness (QED) is 0.153. The van der Waals surface area contributed by atoms with E-state index in [4.69, 9.17) is 24.6 Å². The van der Waals surface area contributed by atoms with E-state index in [9.17, 15) is 24.5 Å². The third-order valence-electron chi connectivity index (χ3n) is 5.69. The van der Waals surface area contributed by atoms with Crippen molar-refractivity contribution in [1.82, 2.24) is 5.32 Å². The first-order chi connectivity index (χ1) is 15.6. The van der Waals surface area contributed by atoms with E-state index < -0.39 is 48.4 Å². The van der Waals surface area contributed by atoms with Crippen LogP contribution in [-0.2, 0) is 33.3 Å². The Morgan fingerprint density at radius 2 is 1.94 bits per heavy atom. The average molecular weight is 507 g/mol. The standard InChI is InChI=1S/C20H30N2O9S2/c1-11(23)21-18-19(30-13(3)25)17(14-5-6-15(9-14)22(26)27)16(10-29-12(2)24)31-20(18)28-7-8-33-32-4/h4,14-20H,5-10H2,1-3H3,(H,21,23). The fraction of sp³-hybridized carbons (Fsp3) is 0.800. The summed E-state index contributed by atoms with van der Waals surface area (Å²) in [6.07, 6.45) is -1.49. The predicted molar refractivity (Wildman–Crippen MR) is 121 cm³/mol. The molecule has 0 aromatic heterocycles. The summed E-state index contributed by atoms with van der Waals surface area (Å²) in [5.41, 5.74) is 5.41. The number of nitro groups is 1. The first-order valence-electron chi connectivity index (χ1n) is 10.6. The van der Waals surface area contributed by atoms with Crippen molar-refractivity contribution in [2.75, 3.05) is 19.0 Å². The van der Waals surface area contributed by atoms with Gasteiger partial charge in [-0.1, -0.05) is 26.7 Å². The van der Waals surface area contributed by atoms with Gasteiger partial charge in [0.05, 0.1) is 6.61 Å². The van der Waals surface area contributed by atoms with Gasteiger partial charge in [-0.05, 0) is 12.3 Å². The number of nitrogens with one attached hydrogen (secondary N) is 1. The molecule has 1 heterocycles. The molecule has 2 fully saturated rings. The minimum absolute atomic E-state index is 0.141. The normalized spacial score (nSPS) is 31.4. The van der Waals surface area contributed by atoms with Crippen LogP contribution in [0.25, 0.3) is 0 Å². The van der Waals surface area contributed by atoms with E-state index in [-0.39, 0.29) is 36.4 Å². The third kappa shape index (κ3) is 8.11. The van der Waals surface area contributed by atoms with Gasteiger partial charge >= 0.3 is 11.9 Å². The number of hydrogen-bond acceptors (Lipinski definition) is 10. The lowest BCUT2D eigenvalue weighted by atomic mass is 9.77. The summed E-state index contributed by atoms with van der Waals surface area (Å²) in [7, 11) is 2.45. The van der Waals surface area contributed by atoms with E-state index >= 15 is 0 Å². The summed E-state index contributed by atoms with van der Waals surface area (Å²) in [5, 5.41) is 14.1. The highest BCUT2D eigenvalue weighted by molar-refractivity contribution is 8.71. The molecule has 1 saturated carbocycles. The van der Waals surface area contributed by atoms with Gasteiger partial charge in [0.2, 0.25) is 11.9 Å². The largest absolute Gasteiger partial charge is 0.463 e. The maximum atomic E-state index is 12.0. The molecule has 186 valence electrons. The second-order valence-corrected chi connectivity index (χ2v) is 10.1. The van der Waals surface area contributed by atoms with Crippen LogP contribution in [0.1, 0.15) is 40.0 Å². The highest BCUT2D eigenvalue weighted by atomic mass is 33.1. The Balaban J connectivity index is 2.38. The summed E-state index contributed by atoms with van der Waals surface area (Å²) < 4.78 is 22.9. The molecule has 0 aromatic carbocycles. The molecule has 2 rings (SSSR count). The van der Waals surface area contributed by atoms with Crippen LogP contribution < -0.4 is 5.32 Å². The monoisotopic (exact) mass is 506 g/mol. The second kappa shape index (κ2) is 13.1. The predicted octanol–water partition coefficient (Wildman–Crippen LogP) is 1.76. The van der Waals surface area contributed by atoms with E-state index in [1.54, 1.807) is 0 Å². The molecule has 1 saturated heterocycles. The fourth-order valence-electron chi connectivity index (χ4n) is 4.53. The van der Waals surface area contributed by atoms with Crippen LogP contribution in [0.4, 0.5) is 0 Å². The molecule has 0 bridgehead atoms. The van der Waals surface area contributed by atoms with Crippen LogP contribution in [0, 0.1) is 27.6 Å². The molecule has 1 aliphatic carbocycles. The molecule has 1 N–H and O–H groups in total. The topological polar surface area (TPSA) is 143 Å². The Bertz CT molecular complexity index is 775. The Kier molecular flexibility index (Phi) is 10.8. The average Bonchev–Trinajstić information content (AvgIpc) is 3.21. The van der Waals surface area contributed by atoms with Crippen molar-refractivity contribution in [3.8, 4) is 5.69 Å². The highest BCUT2D eigenvalue weighted by Crippen LogP contribution is 2.42. The summed E-state index contributed by atoms with van der Waals surface area (Å²) in [4.78, 5) is 46.5. The van der Waals surface area contributed by atoms with Gasteiger partial charge in [-0.15, -0.1) is 0 Å². The SMILES string of the molecule is C#SSCCOC1OC(COC(C)=O)C(C2CCC([N+](=O)[O-])C2)C(OC(C)=O)C1NC(C)=O. The molecule has 1 amide bonds. The smallest absolute Gasteiger partial charge is 0.302 e. The van der Waals surface area contributed by atoms with Crippen LogP contribution in [-0.4, -0.2) is 72.3 Å². The molecule has 0 radical (unpaired) electrons. The summed E-state index contributed by atoms with van der Waals surface area (Å²) in [6, 6.07) is -1.57. The van der Waals surface area contributed by atoms with Crippen LogP contribution in [0.3, 0.4) is 0 Å². The highest BCUT2D eigenvalue weighted by Gasteiger charge is 2.54. The second-order valence-electron chi connectivity index (χ2n) is 8.02. The van der Waals surface area contributed by atoms with Crippen LogP contribution in [0.5, 0.6) is 0 Å². The Hall–Kier alpha value is -1.92. The summed E-state index contributed by atoms with van der Waals surface area (Å²) >= 11 is 0. The number of carbonyl (C=O) groups is 3. The van der Waals surface area contributed by atoms with Crippen LogP contribution >= 0.6 is 21.0 Å². The van der Waals surface area contributed by atoms with Crippen molar-refractivity contribution >= 4 is 38.8 Å². The van der Waals surface area contributed by atoms with Crippen LogP contribution in [0.15, 0.2) is 0 Å². The number of nitrogens with zero attached hydrogens (tertiary/aromatic N) is 1. The number of ether oxygens (including phenoxy) is 4. The molecular formula is C20H30N2O9S2. The third-order valence-corrected chi connectivity index (χ3v) is 7.07. The maximum Gasteiger partial charge on any atom is 0.302 e. The van der Waals surface area contributed by atoms with E-state index in [1.807, 2.05) is 0 Å². The Morgan fingerprint density at radius 3 is 2.48 bits per heavy atom. The zero-order valence-corrected chi connectivity index (χ0v) is 20.4. The van der Waals surface area contributed by atoms with E-state index in [1.165, 1.54) is 31.6 Å². The molecule has 1 aliphatic heterocycles. The van der Waals surface area contributed by atoms with Crippen molar-refractivity contribution in [1.29, 1.82) is 0 Å². The first-order valence-corrected chi connectivity index (χ1v) is 13.0. The minimum atomic E-state index is -0.994. The summed E-state index contributed by atoms with van der Waals surface area (Å²) in [5.74, 6) is -1.74. The zero-order valence-electron chi connectivity index (χ0n) is 18.8. The molecular weight excluding hydrogens is 476 g/mol. The van der Waals surface area contributed by atoms with Crippen molar-refractivity contribution in [2.45, 2.75) is 70.6 Å². The lowest BCUT2D eigenvalue weighted by Gasteiger charge is -2.47. The van der Waals surface area contributed by atoms with Crippen molar-refractivity contribution in [2.24, 2.45) is 11.8 Å². The van der Waals surface area contributed by atoms with Gasteiger partial charge in [0, 0.05) is 50.2 Å². The molecule has 7 unspecified atom stereocenters. The minimum Gasteiger partial charge on any atom is -0.463 e. The number of amides is 1. The molecule has 0 spiro atoms. The zero-order chi connectivity index (χ0) is 24.5. The van der Waals surface area contributed by atoms with Gasteiger partial charge in [-0.3, -0.25) is 24.5 Å². The van der Waals surface area contributed by atoms with Gasteiger partial charge in [0.1, 0.15) is 24.9 Å². The Labute approximate surface area is 199 Å². The lowest BCUT2D eigenvalue weighted by molar-refractivity contribution is -0.521. The summed E-state index contributed by atoms with van der Waals surface area (Å²) in [6.45, 7) is 3.92. The van der Waals surface area contributed by atoms with E-state index in [0.29, 0.717) is 18.6 Å². The molecule has 13 heteroatoms. The van der Waals surface area contributed by atoms with Gasteiger partial charge < -0.3 is 24.3 Å². The first kappa shape index (κ1) is 27.3. The van der Waals surface area contributed by atoms with E-state index in [2.05, 4.69) is 5.32 Å². The van der Waals surface area contributed by atoms with Gasteiger partial charge in [-0.2, -0.15) is 0 Å². The lowest BCUT2D eigenvalue weighted by Crippen LogP contribution is -2.64. The van der Waals surface area contributed by atoms with Crippen LogP contribution in [0.2, 0.25) is 0 Å². The van der Waals surface area contributed by atoms with Gasteiger partial charge in [0.25, 0.3) is 0 Å². The fourth-order valence-corrected chi connectivity index (χ4v) is 5.28. The van der Waals surface area contributed by atoms with Crippen molar-refractivity contribution in [3.05, 3.63) is 10.1 Å². The number of rotatable bonds is 10. The maximum absolute atomic E-state index is 12.0. The molecule has 11 nitrogen and oxygen atoms in total.